The molecule has 0 saturated heterocycles. The summed E-state index contributed by atoms with van der Waals surface area (Å²) < 4.78 is 5.19. The first-order valence-corrected chi connectivity index (χ1v) is 4.27. The van der Waals surface area contributed by atoms with E-state index in [1.54, 1.807) is 12.1 Å². The predicted molar refractivity (Wildman–Crippen MR) is 51.6 cm³/mol. The Bertz CT molecular complexity index is 263. The van der Waals surface area contributed by atoms with Crippen molar-refractivity contribution in [2.24, 2.45) is 0 Å². The number of rotatable bonds is 4. The summed E-state index contributed by atoms with van der Waals surface area (Å²) in [6.07, 6.45) is 0. The monoisotopic (exact) mass is 180 g/mol. The summed E-state index contributed by atoms with van der Waals surface area (Å²) in [5.41, 5.74) is 1.33. The molecule has 0 amide bonds. The van der Waals surface area contributed by atoms with Crippen LogP contribution < -0.4 is 5.46 Å². The normalized spacial score (nSPS) is 10.1. The summed E-state index contributed by atoms with van der Waals surface area (Å²) in [6.45, 7) is 2.94. The van der Waals surface area contributed by atoms with E-state index in [-0.39, 0.29) is 0 Å². The van der Waals surface area contributed by atoms with Crippen molar-refractivity contribution in [3.05, 3.63) is 29.8 Å². The Balaban J connectivity index is 2.78. The van der Waals surface area contributed by atoms with Crippen LogP contribution in [0.25, 0.3) is 0 Å². The lowest BCUT2D eigenvalue weighted by Crippen LogP contribution is -2.33. The average Bonchev–Trinajstić information content (AvgIpc) is 2.15. The molecule has 0 fully saturated rings. The Kier molecular flexibility index (Phi) is 3.95. The van der Waals surface area contributed by atoms with Crippen LogP contribution in [0.15, 0.2) is 24.3 Å². The molecule has 1 rings (SSSR count). The Labute approximate surface area is 78.1 Å². The minimum Gasteiger partial charge on any atom is -0.423 e. The largest absolute Gasteiger partial charge is 0.488 e. The molecule has 1 aromatic carbocycles. The molecule has 0 radical (unpaired) electrons. The van der Waals surface area contributed by atoms with Crippen molar-refractivity contribution in [3.8, 4) is 0 Å². The zero-order chi connectivity index (χ0) is 9.68. The zero-order valence-electron chi connectivity index (χ0n) is 7.60. The molecule has 0 aromatic heterocycles. The fraction of sp³-hybridized carbons (Fsp3) is 0.333. The van der Waals surface area contributed by atoms with Crippen molar-refractivity contribution < 1.29 is 14.8 Å². The van der Waals surface area contributed by atoms with Gasteiger partial charge in [-0.1, -0.05) is 24.3 Å². The lowest BCUT2D eigenvalue weighted by Gasteiger charge is -2.07. The number of ether oxygens (including phenoxy) is 1. The predicted octanol–water partition coefficient (Wildman–Crippen LogP) is -0.0971. The first-order chi connectivity index (χ1) is 6.25. The van der Waals surface area contributed by atoms with Gasteiger partial charge in [0.05, 0.1) is 6.61 Å². The van der Waals surface area contributed by atoms with Gasteiger partial charge in [0.25, 0.3) is 0 Å². The third-order valence-electron chi connectivity index (χ3n) is 1.79. The molecule has 0 aliphatic rings. The van der Waals surface area contributed by atoms with Gasteiger partial charge in [0.15, 0.2) is 0 Å². The highest BCUT2D eigenvalue weighted by Crippen LogP contribution is 1.99. The van der Waals surface area contributed by atoms with Gasteiger partial charge in [-0.05, 0) is 17.9 Å². The van der Waals surface area contributed by atoms with Gasteiger partial charge in [-0.2, -0.15) is 0 Å². The SMILES string of the molecule is CCOCc1ccccc1B(O)O. The van der Waals surface area contributed by atoms with Gasteiger partial charge in [-0.25, -0.2) is 0 Å². The number of hydrogen-bond acceptors (Lipinski definition) is 3. The summed E-state index contributed by atoms with van der Waals surface area (Å²) in [7, 11) is -1.42. The molecule has 0 aliphatic carbocycles. The zero-order valence-corrected chi connectivity index (χ0v) is 7.60. The molecular formula is C9H13BO3. The van der Waals surface area contributed by atoms with Crippen LogP contribution in [0.1, 0.15) is 12.5 Å². The van der Waals surface area contributed by atoms with Crippen LogP contribution in [0.2, 0.25) is 0 Å². The fourth-order valence-corrected chi connectivity index (χ4v) is 1.13. The van der Waals surface area contributed by atoms with Gasteiger partial charge in [-0.3, -0.25) is 0 Å². The van der Waals surface area contributed by atoms with Crippen LogP contribution in [0, 0.1) is 0 Å². The molecule has 4 heteroatoms. The molecule has 0 bridgehead atoms. The first kappa shape index (κ1) is 10.2. The van der Waals surface area contributed by atoms with Crippen LogP contribution in [0.3, 0.4) is 0 Å². The van der Waals surface area contributed by atoms with Gasteiger partial charge in [-0.15, -0.1) is 0 Å². The molecule has 0 unspecified atom stereocenters. The van der Waals surface area contributed by atoms with Gasteiger partial charge in [0.1, 0.15) is 0 Å². The molecule has 0 aliphatic heterocycles. The quantitative estimate of drug-likeness (QED) is 0.636. The maximum absolute atomic E-state index is 9.00. The molecule has 3 nitrogen and oxygen atoms in total. The van der Waals surface area contributed by atoms with Gasteiger partial charge < -0.3 is 14.8 Å². The average molecular weight is 180 g/mol. The Hall–Kier alpha value is -0.835. The number of benzene rings is 1. The molecule has 0 saturated carbocycles. The second-order valence-corrected chi connectivity index (χ2v) is 2.71. The third kappa shape index (κ3) is 2.84. The summed E-state index contributed by atoms with van der Waals surface area (Å²) in [5, 5.41) is 18.0. The molecule has 70 valence electrons. The summed E-state index contributed by atoms with van der Waals surface area (Å²) in [4.78, 5) is 0. The van der Waals surface area contributed by atoms with E-state index in [0.29, 0.717) is 18.7 Å². The van der Waals surface area contributed by atoms with Gasteiger partial charge >= 0.3 is 7.12 Å². The van der Waals surface area contributed by atoms with Crippen LogP contribution in [0.4, 0.5) is 0 Å². The van der Waals surface area contributed by atoms with Gasteiger partial charge in [0, 0.05) is 6.61 Å². The fourth-order valence-electron chi connectivity index (χ4n) is 1.13. The Morgan fingerprint density at radius 1 is 1.31 bits per heavy atom. The second kappa shape index (κ2) is 5.02. The molecule has 0 spiro atoms. The lowest BCUT2D eigenvalue weighted by molar-refractivity contribution is 0.134. The van der Waals surface area contributed by atoms with E-state index in [0.717, 1.165) is 5.56 Å². The maximum atomic E-state index is 9.00. The first-order valence-electron chi connectivity index (χ1n) is 4.27. The maximum Gasteiger partial charge on any atom is 0.488 e. The van der Waals surface area contributed by atoms with E-state index in [1.165, 1.54) is 0 Å². The van der Waals surface area contributed by atoms with Crippen molar-refractivity contribution in [1.29, 1.82) is 0 Å². The molecular weight excluding hydrogens is 167 g/mol. The minimum atomic E-state index is -1.42. The van der Waals surface area contributed by atoms with E-state index in [4.69, 9.17) is 14.8 Å². The van der Waals surface area contributed by atoms with E-state index in [2.05, 4.69) is 0 Å². The lowest BCUT2D eigenvalue weighted by atomic mass is 9.77. The third-order valence-corrected chi connectivity index (χ3v) is 1.79. The Morgan fingerprint density at radius 3 is 2.62 bits per heavy atom. The van der Waals surface area contributed by atoms with E-state index >= 15 is 0 Å². The van der Waals surface area contributed by atoms with Crippen molar-refractivity contribution in [3.63, 3.8) is 0 Å². The standard InChI is InChI=1S/C9H13BO3/c1-2-13-7-8-5-3-4-6-9(8)10(11)12/h3-6,11-12H,2,7H2,1H3. The van der Waals surface area contributed by atoms with Crippen molar-refractivity contribution in [1.82, 2.24) is 0 Å². The Morgan fingerprint density at radius 2 is 2.00 bits per heavy atom. The van der Waals surface area contributed by atoms with Crippen LogP contribution in [-0.2, 0) is 11.3 Å². The smallest absolute Gasteiger partial charge is 0.423 e. The highest BCUT2D eigenvalue weighted by molar-refractivity contribution is 6.59. The van der Waals surface area contributed by atoms with Crippen molar-refractivity contribution >= 4 is 12.6 Å². The van der Waals surface area contributed by atoms with E-state index < -0.39 is 7.12 Å². The van der Waals surface area contributed by atoms with Crippen molar-refractivity contribution in [2.75, 3.05) is 6.61 Å². The van der Waals surface area contributed by atoms with Crippen LogP contribution in [0.5, 0.6) is 0 Å². The topological polar surface area (TPSA) is 49.7 Å². The summed E-state index contributed by atoms with van der Waals surface area (Å²) in [5.74, 6) is 0. The van der Waals surface area contributed by atoms with Crippen molar-refractivity contribution in [2.45, 2.75) is 13.5 Å². The summed E-state index contributed by atoms with van der Waals surface area (Å²) >= 11 is 0. The molecule has 0 heterocycles. The van der Waals surface area contributed by atoms with Gasteiger partial charge in [0.2, 0.25) is 0 Å². The van der Waals surface area contributed by atoms with E-state index in [9.17, 15) is 0 Å². The highest BCUT2D eigenvalue weighted by Gasteiger charge is 2.14. The molecule has 1 aromatic rings. The molecule has 13 heavy (non-hydrogen) atoms. The minimum absolute atomic E-state index is 0.421. The van der Waals surface area contributed by atoms with Crippen LogP contribution >= 0.6 is 0 Å². The molecule has 0 atom stereocenters. The second-order valence-electron chi connectivity index (χ2n) is 2.71. The summed E-state index contributed by atoms with van der Waals surface area (Å²) in [6, 6.07) is 7.12. The van der Waals surface area contributed by atoms with E-state index in [1.807, 2.05) is 19.1 Å². The van der Waals surface area contributed by atoms with Crippen LogP contribution in [-0.4, -0.2) is 23.8 Å². The number of hydrogen-bond donors (Lipinski definition) is 2. The highest BCUT2D eigenvalue weighted by atomic mass is 16.5. The molecule has 2 N–H and O–H groups in total.